The highest BCUT2D eigenvalue weighted by atomic mass is 32.2. The molecule has 0 spiro atoms. The van der Waals surface area contributed by atoms with E-state index >= 15 is 0 Å². The number of hydrogen-bond donors (Lipinski definition) is 1. The van der Waals surface area contributed by atoms with Crippen LogP contribution in [-0.4, -0.2) is 51.3 Å². The lowest BCUT2D eigenvalue weighted by Gasteiger charge is -2.27. The lowest BCUT2D eigenvalue weighted by Crippen LogP contribution is -2.36. The predicted octanol–water partition coefficient (Wildman–Crippen LogP) is 3.68. The van der Waals surface area contributed by atoms with Crippen LogP contribution in [0.4, 0.5) is 24.7 Å². The van der Waals surface area contributed by atoms with Gasteiger partial charge < -0.3 is 14.4 Å². The Kier molecular flexibility index (Phi) is 6.38. The molecular formula is C21H19F3N4O4S. The minimum absolute atomic E-state index is 0.203. The van der Waals surface area contributed by atoms with Gasteiger partial charge >= 0.3 is 6.36 Å². The first-order valence-electron chi connectivity index (χ1n) is 9.85. The van der Waals surface area contributed by atoms with Gasteiger partial charge in [-0.2, -0.15) is 0 Å². The fourth-order valence-corrected chi connectivity index (χ4v) is 4.24. The van der Waals surface area contributed by atoms with Crippen molar-refractivity contribution in [2.75, 3.05) is 35.9 Å². The van der Waals surface area contributed by atoms with E-state index in [4.69, 9.17) is 4.74 Å². The lowest BCUT2D eigenvalue weighted by molar-refractivity contribution is -0.274. The fourth-order valence-electron chi connectivity index (χ4n) is 3.18. The Balaban J connectivity index is 1.42. The molecule has 2 aromatic carbocycles. The van der Waals surface area contributed by atoms with Crippen LogP contribution in [0.25, 0.3) is 11.3 Å². The monoisotopic (exact) mass is 480 g/mol. The van der Waals surface area contributed by atoms with E-state index in [2.05, 4.69) is 24.6 Å². The molecule has 0 unspecified atom stereocenters. The van der Waals surface area contributed by atoms with Gasteiger partial charge in [0.1, 0.15) is 5.75 Å². The van der Waals surface area contributed by atoms with E-state index in [1.54, 1.807) is 24.3 Å². The summed E-state index contributed by atoms with van der Waals surface area (Å²) in [5.41, 5.74) is 1.65. The Morgan fingerprint density at radius 2 is 1.58 bits per heavy atom. The Bertz CT molecular complexity index is 1180. The lowest BCUT2D eigenvalue weighted by atomic mass is 10.1. The molecule has 8 nitrogen and oxygen atoms in total. The Morgan fingerprint density at radius 1 is 0.909 bits per heavy atom. The number of nitrogens with one attached hydrogen (secondary N) is 1. The molecule has 1 saturated heterocycles. The van der Waals surface area contributed by atoms with Crippen LogP contribution in [0.3, 0.4) is 0 Å². The molecule has 1 aromatic heterocycles. The molecule has 1 aliphatic heterocycles. The smallest absolute Gasteiger partial charge is 0.406 e. The second kappa shape index (κ2) is 9.24. The molecule has 174 valence electrons. The summed E-state index contributed by atoms with van der Waals surface area (Å²) >= 11 is 0. The molecule has 12 heteroatoms. The summed E-state index contributed by atoms with van der Waals surface area (Å²) in [6.07, 6.45) is -4.85. The molecule has 0 atom stereocenters. The standard InChI is InChI=1S/C21H19F3N4O4S/c22-21(23,24)32-17-5-7-18(8-6-17)33(29,30)27-16-3-1-15(2-4-16)19-9-10-20(26-25-19)28-11-13-31-14-12-28/h1-10,27H,11-14H2. The van der Waals surface area contributed by atoms with Crippen LogP contribution in [0.15, 0.2) is 65.6 Å². The maximum atomic E-state index is 12.5. The fraction of sp³-hybridized carbons (Fsp3) is 0.238. The van der Waals surface area contributed by atoms with Crippen LogP contribution >= 0.6 is 0 Å². The highest BCUT2D eigenvalue weighted by Crippen LogP contribution is 2.26. The van der Waals surface area contributed by atoms with Gasteiger partial charge in [-0.1, -0.05) is 12.1 Å². The van der Waals surface area contributed by atoms with Crippen LogP contribution in [0.5, 0.6) is 5.75 Å². The zero-order valence-electron chi connectivity index (χ0n) is 17.1. The normalized spacial score (nSPS) is 14.7. The van der Waals surface area contributed by atoms with Crippen LogP contribution in [0.1, 0.15) is 0 Å². The summed E-state index contributed by atoms with van der Waals surface area (Å²) < 4.78 is 73.3. The molecular weight excluding hydrogens is 461 g/mol. The van der Waals surface area contributed by atoms with Crippen molar-refractivity contribution < 1.29 is 31.1 Å². The van der Waals surface area contributed by atoms with Crippen molar-refractivity contribution in [3.05, 3.63) is 60.7 Å². The van der Waals surface area contributed by atoms with E-state index in [0.29, 0.717) is 18.9 Å². The molecule has 1 fully saturated rings. The molecule has 0 saturated carbocycles. The summed E-state index contributed by atoms with van der Waals surface area (Å²) in [6.45, 7) is 2.79. The Hall–Kier alpha value is -3.38. The van der Waals surface area contributed by atoms with Gasteiger partial charge in [0.05, 0.1) is 23.8 Å². The van der Waals surface area contributed by atoms with Crippen molar-refractivity contribution in [1.29, 1.82) is 0 Å². The van der Waals surface area contributed by atoms with Gasteiger partial charge in [0.25, 0.3) is 10.0 Å². The number of morpholine rings is 1. The third-order valence-corrected chi connectivity index (χ3v) is 6.18. The maximum absolute atomic E-state index is 12.5. The first kappa shape index (κ1) is 22.8. The predicted molar refractivity (Wildman–Crippen MR) is 114 cm³/mol. The number of hydrogen-bond acceptors (Lipinski definition) is 7. The zero-order valence-corrected chi connectivity index (χ0v) is 17.9. The van der Waals surface area contributed by atoms with Crippen molar-refractivity contribution >= 4 is 21.5 Å². The third kappa shape index (κ3) is 5.90. The topological polar surface area (TPSA) is 93.7 Å². The van der Waals surface area contributed by atoms with Gasteiger partial charge in [0.15, 0.2) is 5.82 Å². The minimum Gasteiger partial charge on any atom is -0.406 e. The number of anilines is 2. The third-order valence-electron chi connectivity index (χ3n) is 4.79. The maximum Gasteiger partial charge on any atom is 0.573 e. The number of alkyl halides is 3. The number of ether oxygens (including phenoxy) is 2. The first-order valence-corrected chi connectivity index (χ1v) is 11.3. The van der Waals surface area contributed by atoms with E-state index in [1.807, 2.05) is 12.1 Å². The molecule has 2 heterocycles. The number of rotatable bonds is 6. The van der Waals surface area contributed by atoms with Crippen LogP contribution in [-0.2, 0) is 14.8 Å². The molecule has 33 heavy (non-hydrogen) atoms. The Morgan fingerprint density at radius 3 is 2.15 bits per heavy atom. The summed E-state index contributed by atoms with van der Waals surface area (Å²) in [4.78, 5) is 1.88. The molecule has 0 aliphatic carbocycles. The molecule has 1 aliphatic rings. The summed E-state index contributed by atoms with van der Waals surface area (Å²) in [5, 5.41) is 8.50. The minimum atomic E-state index is -4.85. The van der Waals surface area contributed by atoms with Crippen molar-refractivity contribution in [1.82, 2.24) is 10.2 Å². The largest absolute Gasteiger partial charge is 0.573 e. The molecule has 1 N–H and O–H groups in total. The molecule has 3 aromatic rings. The van der Waals surface area contributed by atoms with E-state index in [0.717, 1.165) is 48.7 Å². The van der Waals surface area contributed by atoms with E-state index < -0.39 is 22.1 Å². The number of halogens is 3. The summed E-state index contributed by atoms with van der Waals surface area (Å²) in [5.74, 6) is 0.254. The zero-order chi connectivity index (χ0) is 23.5. The Labute approximate surface area is 188 Å². The second-order valence-electron chi connectivity index (χ2n) is 7.08. The summed E-state index contributed by atoms with van der Waals surface area (Å²) in [6, 6.07) is 14.1. The molecule has 0 amide bonds. The van der Waals surface area contributed by atoms with Gasteiger partial charge in [-0.05, 0) is 48.5 Å². The van der Waals surface area contributed by atoms with Crippen molar-refractivity contribution in [2.45, 2.75) is 11.3 Å². The van der Waals surface area contributed by atoms with Gasteiger partial charge in [0, 0.05) is 24.3 Å². The van der Waals surface area contributed by atoms with Crippen molar-refractivity contribution in [3.8, 4) is 17.0 Å². The number of benzene rings is 2. The van der Waals surface area contributed by atoms with Gasteiger partial charge in [-0.3, -0.25) is 4.72 Å². The summed E-state index contributed by atoms with van der Waals surface area (Å²) in [7, 11) is -4.00. The highest BCUT2D eigenvalue weighted by Gasteiger charge is 2.31. The molecule has 0 radical (unpaired) electrons. The average molecular weight is 480 g/mol. The number of sulfonamides is 1. The van der Waals surface area contributed by atoms with E-state index in [-0.39, 0.29) is 10.6 Å². The van der Waals surface area contributed by atoms with Crippen molar-refractivity contribution in [2.24, 2.45) is 0 Å². The molecule has 0 bridgehead atoms. The average Bonchev–Trinajstić information content (AvgIpc) is 2.79. The van der Waals surface area contributed by atoms with Gasteiger partial charge in [-0.15, -0.1) is 23.4 Å². The van der Waals surface area contributed by atoms with E-state index in [9.17, 15) is 21.6 Å². The van der Waals surface area contributed by atoms with Crippen LogP contribution in [0, 0.1) is 0 Å². The van der Waals surface area contributed by atoms with Gasteiger partial charge in [0.2, 0.25) is 0 Å². The van der Waals surface area contributed by atoms with Crippen LogP contribution < -0.4 is 14.4 Å². The molecule has 4 rings (SSSR count). The number of nitrogens with zero attached hydrogens (tertiary/aromatic N) is 3. The quantitative estimate of drug-likeness (QED) is 0.575. The van der Waals surface area contributed by atoms with Crippen molar-refractivity contribution in [3.63, 3.8) is 0 Å². The first-order chi connectivity index (χ1) is 15.7. The number of aromatic nitrogens is 2. The SMILES string of the molecule is O=S(=O)(Nc1ccc(-c2ccc(N3CCOCC3)nn2)cc1)c1ccc(OC(F)(F)F)cc1. The van der Waals surface area contributed by atoms with Crippen LogP contribution in [0.2, 0.25) is 0 Å². The van der Waals surface area contributed by atoms with Gasteiger partial charge in [-0.25, -0.2) is 8.42 Å². The van der Waals surface area contributed by atoms with E-state index in [1.165, 1.54) is 0 Å². The second-order valence-corrected chi connectivity index (χ2v) is 8.76. The highest BCUT2D eigenvalue weighted by molar-refractivity contribution is 7.92.